The molecule has 6 rings (SSSR count). The molecule has 3 heterocycles. The molecule has 0 saturated carbocycles. The van der Waals surface area contributed by atoms with Gasteiger partial charge in [-0.3, -0.25) is 9.97 Å². The molecule has 0 spiro atoms. The fraction of sp³-hybridized carbons (Fsp3) is 0.273. The van der Waals surface area contributed by atoms with E-state index >= 15 is 0 Å². The average molecular weight is 839 g/mol. The van der Waals surface area contributed by atoms with E-state index in [4.69, 9.17) is 15.0 Å². The Labute approximate surface area is 297 Å². The Kier molecular flexibility index (Phi) is 11.3. The second-order valence-corrected chi connectivity index (χ2v) is 13.8. The van der Waals surface area contributed by atoms with Crippen LogP contribution in [0.1, 0.15) is 44.4 Å². The van der Waals surface area contributed by atoms with Gasteiger partial charge in [0.1, 0.15) is 0 Å². The van der Waals surface area contributed by atoms with Crippen LogP contribution in [-0.4, -0.2) is 28.3 Å². The first-order chi connectivity index (χ1) is 22.9. The van der Waals surface area contributed by atoms with E-state index in [1.807, 2.05) is 27.7 Å². The number of alkyl halides is 9. The third-order valence-corrected chi connectivity index (χ3v) is 8.80. The maximum atomic E-state index is 13.4. The molecular weight excluding hydrogens is 812 g/mol. The largest absolute Gasteiger partial charge is 0.494 e. The number of benzene rings is 3. The van der Waals surface area contributed by atoms with Crippen molar-refractivity contribution in [2.75, 3.05) is 5.73 Å². The number of rotatable bonds is 1. The summed E-state index contributed by atoms with van der Waals surface area (Å²) >= 11 is 5.98. The number of fused-ring (bicyclic) bond motifs is 2. The Morgan fingerprint density at radius 1 is 0.600 bits per heavy atom. The summed E-state index contributed by atoms with van der Waals surface area (Å²) in [5.41, 5.74) is 1.61. The lowest BCUT2D eigenvalue weighted by molar-refractivity contribution is -0.137. The monoisotopic (exact) mass is 837 g/mol. The van der Waals surface area contributed by atoms with Crippen LogP contribution in [0.2, 0.25) is 0 Å². The molecule has 1 fully saturated rings. The zero-order chi connectivity index (χ0) is 37.4. The Hall–Kier alpha value is -3.41. The number of hydrogen-bond donors (Lipinski definition) is 1. The molecule has 266 valence electrons. The molecule has 5 nitrogen and oxygen atoms in total. The molecule has 1 aliphatic rings. The summed E-state index contributed by atoms with van der Waals surface area (Å²) in [5, 5.41) is 0.881. The van der Waals surface area contributed by atoms with E-state index in [0.29, 0.717) is 25.2 Å². The van der Waals surface area contributed by atoms with Gasteiger partial charge >= 0.3 is 25.6 Å². The normalized spacial score (nSPS) is 15.7. The molecule has 1 aliphatic heterocycles. The van der Waals surface area contributed by atoms with Crippen molar-refractivity contribution in [2.24, 2.45) is 0 Å². The predicted molar refractivity (Wildman–Crippen MR) is 180 cm³/mol. The zero-order valence-corrected chi connectivity index (χ0v) is 29.7. The van der Waals surface area contributed by atoms with Crippen molar-refractivity contribution in [1.29, 1.82) is 0 Å². The number of halogens is 11. The van der Waals surface area contributed by atoms with Gasteiger partial charge in [-0.1, -0.05) is 50.1 Å². The molecule has 2 N–H and O–H groups in total. The van der Waals surface area contributed by atoms with Gasteiger partial charge in [0, 0.05) is 37.8 Å². The van der Waals surface area contributed by atoms with Crippen LogP contribution >= 0.6 is 31.9 Å². The van der Waals surface area contributed by atoms with Crippen LogP contribution in [-0.2, 0) is 27.8 Å². The van der Waals surface area contributed by atoms with Gasteiger partial charge in [-0.2, -0.15) is 39.5 Å². The van der Waals surface area contributed by atoms with Crippen molar-refractivity contribution in [3.8, 4) is 0 Å². The van der Waals surface area contributed by atoms with E-state index in [2.05, 4.69) is 41.8 Å². The summed E-state index contributed by atoms with van der Waals surface area (Å²) in [4.78, 5) is 7.62. The highest BCUT2D eigenvalue weighted by Gasteiger charge is 2.52. The van der Waals surface area contributed by atoms with E-state index < -0.39 is 53.5 Å². The van der Waals surface area contributed by atoms with Crippen LogP contribution < -0.4 is 11.2 Å². The standard InChI is InChI=1S/C16H17BF3NO2.C10H5BrF3N.C7H5BrF3N/c1-14(2)15(3,4)23-17(22-14)11-8-10-6-5-7-21-13(10)12(9-11)16(18,19)20;11-7-4-6-2-1-3-15-9(6)8(5-7)10(12,13)14;8-4-1-2-6(12)5(3-4)7(9,10)11/h5-9H,1-4H3;1-5H;1-3H,12H2. The Balaban J connectivity index is 0.000000180. The third-order valence-electron chi connectivity index (χ3n) is 7.85. The highest BCUT2D eigenvalue weighted by atomic mass is 79.9. The molecule has 2 aromatic heterocycles. The molecule has 0 unspecified atom stereocenters. The van der Waals surface area contributed by atoms with E-state index in [1.54, 1.807) is 36.4 Å². The zero-order valence-electron chi connectivity index (χ0n) is 26.5. The molecule has 0 bridgehead atoms. The molecular formula is C33H27BBr2F9N3O2. The first-order valence-electron chi connectivity index (χ1n) is 14.5. The lowest BCUT2D eigenvalue weighted by Crippen LogP contribution is -2.41. The third kappa shape index (κ3) is 9.08. The molecule has 1 saturated heterocycles. The van der Waals surface area contributed by atoms with Gasteiger partial charge in [-0.15, -0.1) is 0 Å². The smallest absolute Gasteiger partial charge is 0.399 e. The van der Waals surface area contributed by atoms with Crippen molar-refractivity contribution in [2.45, 2.75) is 57.4 Å². The summed E-state index contributed by atoms with van der Waals surface area (Å²) in [5.74, 6) is 0. The van der Waals surface area contributed by atoms with Gasteiger partial charge in [0.25, 0.3) is 0 Å². The number of nitrogens with two attached hydrogens (primary N) is 1. The Morgan fingerprint density at radius 2 is 1.04 bits per heavy atom. The molecule has 0 amide bonds. The van der Waals surface area contributed by atoms with Crippen molar-refractivity contribution >= 4 is 71.9 Å². The van der Waals surface area contributed by atoms with Crippen molar-refractivity contribution in [1.82, 2.24) is 9.97 Å². The second kappa shape index (κ2) is 14.3. The van der Waals surface area contributed by atoms with Gasteiger partial charge < -0.3 is 15.0 Å². The second-order valence-electron chi connectivity index (χ2n) is 12.0. The SMILES string of the molecule is CC1(C)OB(c2cc(C(F)(F)F)c3ncccc3c2)OC1(C)C.FC(F)(F)c1cc(Br)cc2cccnc12.Nc1ccc(Br)cc1C(F)(F)F. The number of anilines is 1. The summed E-state index contributed by atoms with van der Waals surface area (Å²) in [6, 6.07) is 15.4. The van der Waals surface area contributed by atoms with Gasteiger partial charge in [0.15, 0.2) is 0 Å². The molecule has 0 atom stereocenters. The van der Waals surface area contributed by atoms with Crippen LogP contribution in [0.25, 0.3) is 21.8 Å². The van der Waals surface area contributed by atoms with Crippen LogP contribution in [0.4, 0.5) is 45.2 Å². The van der Waals surface area contributed by atoms with E-state index in [1.165, 1.54) is 24.5 Å². The topological polar surface area (TPSA) is 70.3 Å². The van der Waals surface area contributed by atoms with E-state index in [0.717, 1.165) is 18.2 Å². The molecule has 17 heteroatoms. The van der Waals surface area contributed by atoms with Crippen molar-refractivity contribution < 1.29 is 48.8 Å². The molecule has 3 aromatic carbocycles. The van der Waals surface area contributed by atoms with E-state index in [9.17, 15) is 39.5 Å². The number of aromatic nitrogens is 2. The lowest BCUT2D eigenvalue weighted by atomic mass is 9.77. The number of hydrogen-bond acceptors (Lipinski definition) is 5. The van der Waals surface area contributed by atoms with Gasteiger partial charge in [0.2, 0.25) is 0 Å². The van der Waals surface area contributed by atoms with Crippen LogP contribution in [0.15, 0.2) is 88.1 Å². The Bertz CT molecular complexity index is 1990. The molecule has 0 aliphatic carbocycles. The van der Waals surface area contributed by atoms with Gasteiger partial charge in [0.05, 0.1) is 38.9 Å². The minimum absolute atomic E-state index is 0.0202. The van der Waals surface area contributed by atoms with Crippen LogP contribution in [0, 0.1) is 0 Å². The molecule has 50 heavy (non-hydrogen) atoms. The summed E-state index contributed by atoms with van der Waals surface area (Å²) in [6.45, 7) is 7.45. The van der Waals surface area contributed by atoms with Gasteiger partial charge in [-0.05, 0) is 81.7 Å². The summed E-state index contributed by atoms with van der Waals surface area (Å²) < 4.78 is 127. The van der Waals surface area contributed by atoms with Crippen LogP contribution in [0.3, 0.4) is 0 Å². The van der Waals surface area contributed by atoms with Gasteiger partial charge in [-0.25, -0.2) is 0 Å². The predicted octanol–water partition coefficient (Wildman–Crippen LogP) is 10.6. The summed E-state index contributed by atoms with van der Waals surface area (Å²) in [7, 11) is -0.842. The number of nitrogen functional groups attached to an aromatic ring is 1. The maximum Gasteiger partial charge on any atom is 0.494 e. The fourth-order valence-electron chi connectivity index (χ4n) is 4.69. The quantitative estimate of drug-likeness (QED) is 0.103. The molecule has 5 aromatic rings. The highest BCUT2D eigenvalue weighted by Crippen LogP contribution is 2.39. The number of nitrogens with zero attached hydrogens (tertiary/aromatic N) is 2. The highest BCUT2D eigenvalue weighted by molar-refractivity contribution is 9.10. The van der Waals surface area contributed by atoms with Crippen molar-refractivity contribution in [3.05, 3.63) is 105 Å². The average Bonchev–Trinajstić information content (AvgIpc) is 3.22. The Morgan fingerprint density at radius 3 is 1.50 bits per heavy atom. The minimum atomic E-state index is -4.49. The van der Waals surface area contributed by atoms with Crippen molar-refractivity contribution in [3.63, 3.8) is 0 Å². The first kappa shape index (κ1) is 39.4. The maximum absolute atomic E-state index is 13.4. The summed E-state index contributed by atoms with van der Waals surface area (Å²) in [6.07, 6.45) is -10.5. The first-order valence-corrected chi connectivity index (χ1v) is 16.0. The molecule has 0 radical (unpaired) electrons. The fourth-order valence-corrected chi connectivity index (χ4v) is 5.53. The van der Waals surface area contributed by atoms with Crippen LogP contribution in [0.5, 0.6) is 0 Å². The number of pyridine rings is 2. The minimum Gasteiger partial charge on any atom is -0.399 e. The lowest BCUT2D eigenvalue weighted by Gasteiger charge is -2.32. The van der Waals surface area contributed by atoms with E-state index in [-0.39, 0.29) is 16.7 Å².